The summed E-state index contributed by atoms with van der Waals surface area (Å²) in [6.45, 7) is 13.0. The van der Waals surface area contributed by atoms with E-state index in [0.717, 1.165) is 6.07 Å². The summed E-state index contributed by atoms with van der Waals surface area (Å²) in [7, 11) is 2.46. The van der Waals surface area contributed by atoms with Crippen molar-refractivity contribution in [2.45, 2.75) is 102 Å². The number of ether oxygens (including phenoxy) is 3. The van der Waals surface area contributed by atoms with Crippen LogP contribution < -0.4 is 25.6 Å². The number of thioether (sulfide) groups is 1. The summed E-state index contributed by atoms with van der Waals surface area (Å²) < 4.78 is 55.6. The van der Waals surface area contributed by atoms with Crippen molar-refractivity contribution in [2.24, 2.45) is 11.8 Å². The van der Waals surface area contributed by atoms with Gasteiger partial charge < -0.3 is 54.7 Å². The van der Waals surface area contributed by atoms with Crippen LogP contribution in [0.25, 0.3) is 22.4 Å². The standard InChI is InChI=1S/C52H65F3N10O9S/c1-29(2)42(60-49(70)72-7)46(67)64-28-36(75-9)24-39(64)44-57-26-38(59-44)33-13-11-32(12-14-33)37-17-15-34(23-40(37)74-52(53,54)55)45(66)58-35-16-18-41(56-25-35)63-22-21-62(27-31(63)5)48(69)51(6)19-10-20-65(51)47(68)43(30(3)4)61-50(71)73-8/h11-18,23,25-26,29-31,36,39,42-43H,10,19-22,24,27-28H2,1-9H3,(H,57,59)(H,58,66)(H,60,70)(H,61,71). The number of piperazine rings is 1. The first kappa shape index (κ1) is 55.7. The Hall–Kier alpha value is -7.04. The molecule has 3 saturated heterocycles. The number of halogens is 3. The smallest absolute Gasteiger partial charge is 0.453 e. The number of hydrogen-bond acceptors (Lipinski definition) is 13. The van der Waals surface area contributed by atoms with Crippen LogP contribution in [0, 0.1) is 11.8 Å². The number of alkyl carbamates (subject to hydrolysis) is 2. The number of carbonyl (C=O) groups is 6. The number of aromatic nitrogens is 3. The van der Waals surface area contributed by atoms with Crippen LogP contribution in [0.3, 0.4) is 0 Å². The molecule has 0 radical (unpaired) electrons. The molecule has 19 nitrogen and oxygen atoms in total. The minimum atomic E-state index is -5.07. The molecule has 7 rings (SSSR count). The van der Waals surface area contributed by atoms with E-state index in [1.165, 1.54) is 32.5 Å². The van der Waals surface area contributed by atoms with Crippen molar-refractivity contribution < 1.29 is 56.1 Å². The van der Waals surface area contributed by atoms with Gasteiger partial charge in [0.05, 0.1) is 44.0 Å². The monoisotopic (exact) mass is 1060 g/mol. The number of aromatic amines is 1. The van der Waals surface area contributed by atoms with E-state index in [9.17, 15) is 41.9 Å². The molecular formula is C52H65F3N10O9S. The number of alkyl halides is 3. The molecule has 0 aliphatic carbocycles. The molecule has 75 heavy (non-hydrogen) atoms. The number of hydrogen-bond donors (Lipinski definition) is 4. The second-order valence-corrected chi connectivity index (χ2v) is 21.0. The number of rotatable bonds is 15. The average Bonchev–Trinajstić information content (AvgIpc) is 4.15. The number of pyridine rings is 1. The largest absolute Gasteiger partial charge is 0.573 e. The normalized spacial score (nSPS) is 20.7. The van der Waals surface area contributed by atoms with Crippen LogP contribution in [0.5, 0.6) is 5.75 Å². The van der Waals surface area contributed by atoms with E-state index in [2.05, 4.69) is 35.6 Å². The lowest BCUT2D eigenvalue weighted by atomic mass is 9.93. The molecule has 0 bridgehead atoms. The van der Waals surface area contributed by atoms with Crippen molar-refractivity contribution in [1.82, 2.24) is 40.3 Å². The molecule has 404 valence electrons. The van der Waals surface area contributed by atoms with Gasteiger partial charge in [-0.25, -0.2) is 19.6 Å². The molecule has 3 aliphatic rings. The van der Waals surface area contributed by atoms with Crippen molar-refractivity contribution in [3.63, 3.8) is 0 Å². The zero-order valence-electron chi connectivity index (χ0n) is 43.4. The van der Waals surface area contributed by atoms with Crippen molar-refractivity contribution >= 4 is 59.1 Å². The highest BCUT2D eigenvalue weighted by atomic mass is 32.2. The molecule has 5 heterocycles. The Morgan fingerprint density at radius 2 is 1.48 bits per heavy atom. The number of amides is 6. The van der Waals surface area contributed by atoms with Crippen molar-refractivity contribution in [1.29, 1.82) is 0 Å². The molecule has 4 N–H and O–H groups in total. The highest BCUT2D eigenvalue weighted by Gasteiger charge is 2.50. The van der Waals surface area contributed by atoms with E-state index in [-0.39, 0.29) is 57.7 Å². The van der Waals surface area contributed by atoms with Gasteiger partial charge in [-0.3, -0.25) is 19.2 Å². The number of H-pyrrole nitrogens is 1. The summed E-state index contributed by atoms with van der Waals surface area (Å²) in [5.41, 5.74) is 0.839. The Labute approximate surface area is 438 Å². The third kappa shape index (κ3) is 12.6. The lowest BCUT2D eigenvalue weighted by Gasteiger charge is -2.45. The van der Waals surface area contributed by atoms with Crippen LogP contribution in [0.15, 0.2) is 67.0 Å². The second kappa shape index (κ2) is 23.2. The second-order valence-electron chi connectivity index (χ2n) is 19.9. The molecule has 23 heteroatoms. The number of imidazole rings is 1. The van der Waals surface area contributed by atoms with E-state index >= 15 is 0 Å². The fourth-order valence-electron chi connectivity index (χ4n) is 10.0. The Morgan fingerprint density at radius 3 is 2.07 bits per heavy atom. The molecule has 0 saturated carbocycles. The van der Waals surface area contributed by atoms with Gasteiger partial charge in [-0.05, 0) is 92.7 Å². The molecule has 6 atom stereocenters. The summed E-state index contributed by atoms with van der Waals surface area (Å²) in [5.74, 6) is -1.39. The highest BCUT2D eigenvalue weighted by Crippen LogP contribution is 2.39. The maximum absolute atomic E-state index is 14.2. The molecule has 2 aromatic heterocycles. The molecule has 6 unspecified atom stereocenters. The van der Waals surface area contributed by atoms with E-state index in [0.29, 0.717) is 80.4 Å². The number of benzene rings is 2. The molecule has 2 aromatic carbocycles. The lowest BCUT2D eigenvalue weighted by molar-refractivity contribution is -0.274. The predicted octanol–water partition coefficient (Wildman–Crippen LogP) is 7.47. The van der Waals surface area contributed by atoms with E-state index in [1.54, 1.807) is 76.0 Å². The maximum Gasteiger partial charge on any atom is 0.573 e. The average molecular weight is 1060 g/mol. The first-order valence-electron chi connectivity index (χ1n) is 24.8. The van der Waals surface area contributed by atoms with Gasteiger partial charge in [0.1, 0.15) is 35.0 Å². The van der Waals surface area contributed by atoms with Gasteiger partial charge in [-0.15, -0.1) is 13.2 Å². The van der Waals surface area contributed by atoms with Gasteiger partial charge in [0, 0.05) is 55.1 Å². The van der Waals surface area contributed by atoms with Crippen LogP contribution >= 0.6 is 11.8 Å². The number of methoxy groups -OCH3 is 2. The van der Waals surface area contributed by atoms with Gasteiger partial charge in [-0.1, -0.05) is 52.0 Å². The van der Waals surface area contributed by atoms with Crippen molar-refractivity contribution in [3.05, 3.63) is 78.4 Å². The summed E-state index contributed by atoms with van der Waals surface area (Å²) in [6, 6.07) is 11.6. The summed E-state index contributed by atoms with van der Waals surface area (Å²) in [6.07, 6.45) is 0.263. The number of likely N-dealkylation sites (tertiary alicyclic amines) is 2. The first-order chi connectivity index (χ1) is 35.5. The molecule has 3 aliphatic heterocycles. The molecule has 3 fully saturated rings. The van der Waals surface area contributed by atoms with Crippen molar-refractivity contribution in [3.8, 4) is 28.1 Å². The molecular weight excluding hydrogens is 998 g/mol. The molecule has 0 spiro atoms. The highest BCUT2D eigenvalue weighted by molar-refractivity contribution is 7.99. The summed E-state index contributed by atoms with van der Waals surface area (Å²) >= 11 is 1.63. The predicted molar refractivity (Wildman–Crippen MR) is 276 cm³/mol. The van der Waals surface area contributed by atoms with Gasteiger partial charge in [0.15, 0.2) is 0 Å². The number of anilines is 2. The first-order valence-corrected chi connectivity index (χ1v) is 26.1. The van der Waals surface area contributed by atoms with Crippen LogP contribution in [-0.4, -0.2) is 154 Å². The fourth-order valence-corrected chi connectivity index (χ4v) is 10.7. The number of carbonyl (C=O) groups excluding carboxylic acids is 6. The SMILES string of the molecule is COC(=O)NC(C(=O)N1CC(SC)CC1c1ncc(-c2ccc(-c3ccc(C(=O)Nc4ccc(N5CCN(C(=O)C6(C)CCCN6C(=O)C(NC(=O)OC)C(C)C)CC5C)nc4)cc3OC(F)(F)F)cc2)[nH]1)C(C)C. The van der Waals surface area contributed by atoms with E-state index in [4.69, 9.17) is 9.47 Å². The van der Waals surface area contributed by atoms with Crippen LogP contribution in [0.4, 0.5) is 34.3 Å². The minimum Gasteiger partial charge on any atom is -0.453 e. The third-order valence-electron chi connectivity index (χ3n) is 14.1. The summed E-state index contributed by atoms with van der Waals surface area (Å²) in [4.78, 5) is 99.1. The Bertz CT molecular complexity index is 2730. The molecule has 6 amide bonds. The Morgan fingerprint density at radius 1 is 0.827 bits per heavy atom. The van der Waals surface area contributed by atoms with Gasteiger partial charge >= 0.3 is 18.5 Å². The summed E-state index contributed by atoms with van der Waals surface area (Å²) in [5, 5.41) is 8.11. The van der Waals surface area contributed by atoms with Gasteiger partial charge in [0.2, 0.25) is 17.7 Å². The lowest BCUT2D eigenvalue weighted by Crippen LogP contribution is -2.64. The zero-order valence-corrected chi connectivity index (χ0v) is 44.3. The van der Waals surface area contributed by atoms with Crippen LogP contribution in [-0.2, 0) is 23.9 Å². The van der Waals surface area contributed by atoms with Crippen molar-refractivity contribution in [2.75, 3.05) is 63.4 Å². The maximum atomic E-state index is 14.2. The quantitative estimate of drug-likeness (QED) is 0.0909. The number of nitrogens with one attached hydrogen (secondary N) is 4. The number of nitrogens with zero attached hydrogens (tertiary/aromatic N) is 6. The molecule has 4 aromatic rings. The van der Waals surface area contributed by atoms with Crippen LogP contribution in [0.2, 0.25) is 0 Å². The van der Waals surface area contributed by atoms with Gasteiger partial charge in [0.25, 0.3) is 5.91 Å². The van der Waals surface area contributed by atoms with Crippen LogP contribution in [0.1, 0.15) is 83.0 Å². The Kier molecular flexibility index (Phi) is 17.3. The topological polar surface area (TPSA) is 221 Å². The van der Waals surface area contributed by atoms with E-state index in [1.807, 2.05) is 45.8 Å². The Balaban J connectivity index is 0.997. The fraction of sp³-hybridized carbons (Fsp3) is 0.500. The minimum absolute atomic E-state index is 0.0852. The van der Waals surface area contributed by atoms with Gasteiger partial charge in [-0.2, -0.15) is 11.8 Å². The third-order valence-corrected chi connectivity index (χ3v) is 15.1. The van der Waals surface area contributed by atoms with E-state index < -0.39 is 53.9 Å². The zero-order chi connectivity index (χ0) is 54.5.